The van der Waals surface area contributed by atoms with Gasteiger partial charge >= 0.3 is 12.1 Å². The van der Waals surface area contributed by atoms with Crippen molar-refractivity contribution in [1.82, 2.24) is 15.5 Å². The summed E-state index contributed by atoms with van der Waals surface area (Å²) in [7, 11) is 0. The van der Waals surface area contributed by atoms with Crippen LogP contribution in [0.3, 0.4) is 0 Å². The number of nitrogens with one attached hydrogen (secondary N) is 1. The van der Waals surface area contributed by atoms with E-state index in [1.54, 1.807) is 26.8 Å². The summed E-state index contributed by atoms with van der Waals surface area (Å²) in [6, 6.07) is 3.58. The summed E-state index contributed by atoms with van der Waals surface area (Å²) in [5.41, 5.74) is 2.62. The van der Waals surface area contributed by atoms with Gasteiger partial charge in [0.25, 0.3) is 0 Å². The van der Waals surface area contributed by atoms with E-state index in [9.17, 15) is 14.7 Å². The highest BCUT2D eigenvalue weighted by atomic mass is 16.6. The van der Waals surface area contributed by atoms with E-state index in [4.69, 9.17) is 14.0 Å². The van der Waals surface area contributed by atoms with E-state index in [2.05, 4.69) is 15.5 Å². The maximum Gasteiger partial charge on any atom is 0.407 e. The molecule has 2 aromatic rings. The summed E-state index contributed by atoms with van der Waals surface area (Å²) < 4.78 is 16.6. The first-order valence-electron chi connectivity index (χ1n) is 10.5. The van der Waals surface area contributed by atoms with Gasteiger partial charge in [-0.05, 0) is 65.5 Å². The third-order valence-electron chi connectivity index (χ3n) is 5.28. The fourth-order valence-corrected chi connectivity index (χ4v) is 3.67. The number of carbonyl (C=O) groups is 2. The van der Waals surface area contributed by atoms with E-state index in [1.165, 1.54) is 0 Å². The van der Waals surface area contributed by atoms with Gasteiger partial charge in [0.05, 0.1) is 36.1 Å². The standard InChI is InChI=1S/C22H29N3O6/c1-12(2)29-22(28)23-11-17-13(3)25-31-20(17)18-8-9-19(14(4)24-18)30-16-7-5-6-15(10-16)21(26)27/h8-9,12,15-16H,5-7,10-11H2,1-4H3,(H,23,28)(H,26,27)/t15-,16-/m0/s1. The average molecular weight is 431 g/mol. The fraction of sp³-hybridized carbons (Fsp3) is 0.545. The Hall–Kier alpha value is -3.10. The molecule has 1 aliphatic rings. The fourth-order valence-electron chi connectivity index (χ4n) is 3.67. The predicted molar refractivity (Wildman–Crippen MR) is 112 cm³/mol. The lowest BCUT2D eigenvalue weighted by Crippen LogP contribution is -2.29. The van der Waals surface area contributed by atoms with Crippen LogP contribution in [0.2, 0.25) is 0 Å². The van der Waals surface area contributed by atoms with Crippen molar-refractivity contribution in [2.45, 2.75) is 72.1 Å². The molecule has 3 rings (SSSR count). The van der Waals surface area contributed by atoms with Crippen LogP contribution in [-0.2, 0) is 16.1 Å². The van der Waals surface area contributed by atoms with Crippen LogP contribution in [-0.4, -0.2) is 39.5 Å². The number of aryl methyl sites for hydroxylation is 2. The molecule has 2 atom stereocenters. The van der Waals surface area contributed by atoms with Crippen molar-refractivity contribution in [1.29, 1.82) is 0 Å². The van der Waals surface area contributed by atoms with Crippen LogP contribution < -0.4 is 10.1 Å². The Morgan fingerprint density at radius 3 is 2.71 bits per heavy atom. The molecule has 0 unspecified atom stereocenters. The number of hydrogen-bond donors (Lipinski definition) is 2. The Morgan fingerprint density at radius 2 is 2.03 bits per heavy atom. The summed E-state index contributed by atoms with van der Waals surface area (Å²) >= 11 is 0. The topological polar surface area (TPSA) is 124 Å². The molecular weight excluding hydrogens is 402 g/mol. The quantitative estimate of drug-likeness (QED) is 0.674. The summed E-state index contributed by atoms with van der Waals surface area (Å²) in [6.45, 7) is 7.39. The second-order valence-electron chi connectivity index (χ2n) is 8.10. The van der Waals surface area contributed by atoms with E-state index in [1.807, 2.05) is 13.0 Å². The molecule has 0 bridgehead atoms. The first-order valence-corrected chi connectivity index (χ1v) is 10.5. The number of nitrogens with zero attached hydrogens (tertiary/aromatic N) is 2. The molecule has 31 heavy (non-hydrogen) atoms. The number of carbonyl (C=O) groups excluding carboxylic acids is 1. The molecule has 0 aliphatic heterocycles. The summed E-state index contributed by atoms with van der Waals surface area (Å²) in [5.74, 6) is -0.0321. The smallest absolute Gasteiger partial charge is 0.407 e. The van der Waals surface area contributed by atoms with E-state index in [0.717, 1.165) is 18.4 Å². The van der Waals surface area contributed by atoms with Crippen molar-refractivity contribution in [3.8, 4) is 17.2 Å². The largest absolute Gasteiger partial charge is 0.489 e. The Bertz CT molecular complexity index is 939. The highest BCUT2D eigenvalue weighted by Gasteiger charge is 2.28. The molecule has 1 aliphatic carbocycles. The highest BCUT2D eigenvalue weighted by molar-refractivity contribution is 5.70. The van der Waals surface area contributed by atoms with Gasteiger partial charge in [-0.1, -0.05) is 5.16 Å². The van der Waals surface area contributed by atoms with Gasteiger partial charge in [0.2, 0.25) is 0 Å². The summed E-state index contributed by atoms with van der Waals surface area (Å²) in [5, 5.41) is 16.0. The number of pyridine rings is 1. The van der Waals surface area contributed by atoms with Gasteiger partial charge in [-0.2, -0.15) is 0 Å². The lowest BCUT2D eigenvalue weighted by molar-refractivity contribution is -0.143. The van der Waals surface area contributed by atoms with Crippen molar-refractivity contribution in [2.75, 3.05) is 0 Å². The van der Waals surface area contributed by atoms with Crippen LogP contribution in [0.1, 0.15) is 56.5 Å². The molecule has 2 heterocycles. The lowest BCUT2D eigenvalue weighted by atomic mass is 9.87. The van der Waals surface area contributed by atoms with Crippen LogP contribution in [0.4, 0.5) is 4.79 Å². The van der Waals surface area contributed by atoms with Gasteiger partial charge in [0.1, 0.15) is 11.4 Å². The third-order valence-corrected chi connectivity index (χ3v) is 5.28. The van der Waals surface area contributed by atoms with Gasteiger partial charge in [-0.25, -0.2) is 9.78 Å². The van der Waals surface area contributed by atoms with Crippen molar-refractivity contribution >= 4 is 12.1 Å². The second kappa shape index (κ2) is 9.80. The molecule has 1 fully saturated rings. The highest BCUT2D eigenvalue weighted by Crippen LogP contribution is 2.31. The molecule has 1 saturated carbocycles. The molecule has 2 aromatic heterocycles. The molecule has 0 aromatic carbocycles. The SMILES string of the molecule is Cc1nc(-c2onc(C)c2CNC(=O)OC(C)C)ccc1O[C@H]1CCC[C@H](C(=O)O)C1. The zero-order valence-corrected chi connectivity index (χ0v) is 18.3. The van der Waals surface area contributed by atoms with Crippen molar-refractivity contribution in [2.24, 2.45) is 5.92 Å². The number of amides is 1. The van der Waals surface area contributed by atoms with E-state index < -0.39 is 12.1 Å². The van der Waals surface area contributed by atoms with Crippen LogP contribution in [0.25, 0.3) is 11.5 Å². The monoisotopic (exact) mass is 431 g/mol. The number of aromatic nitrogens is 2. The minimum atomic E-state index is -0.766. The Labute approximate surface area is 181 Å². The normalized spacial score (nSPS) is 18.6. The maximum atomic E-state index is 11.8. The Morgan fingerprint density at radius 1 is 1.26 bits per heavy atom. The van der Waals surface area contributed by atoms with Crippen molar-refractivity contribution in [3.63, 3.8) is 0 Å². The molecule has 9 nitrogen and oxygen atoms in total. The first-order chi connectivity index (χ1) is 14.7. The number of hydrogen-bond acceptors (Lipinski definition) is 7. The summed E-state index contributed by atoms with van der Waals surface area (Å²) in [6.07, 6.45) is 1.99. The number of carboxylic acids is 1. The number of aliphatic carboxylic acids is 1. The average Bonchev–Trinajstić information content (AvgIpc) is 3.08. The zero-order valence-electron chi connectivity index (χ0n) is 18.3. The van der Waals surface area contributed by atoms with E-state index in [-0.39, 0.29) is 24.7 Å². The number of alkyl carbamates (subject to hydrolysis) is 1. The zero-order chi connectivity index (χ0) is 22.5. The number of rotatable bonds is 7. The molecule has 1 amide bonds. The molecule has 0 spiro atoms. The van der Waals surface area contributed by atoms with E-state index in [0.29, 0.717) is 41.4 Å². The van der Waals surface area contributed by atoms with Gasteiger partial charge in [0, 0.05) is 5.56 Å². The molecule has 0 radical (unpaired) electrons. The van der Waals surface area contributed by atoms with Crippen molar-refractivity contribution < 1.29 is 28.7 Å². The van der Waals surface area contributed by atoms with Crippen LogP contribution in [0, 0.1) is 19.8 Å². The third kappa shape index (κ3) is 5.74. The van der Waals surface area contributed by atoms with E-state index >= 15 is 0 Å². The van der Waals surface area contributed by atoms with Gasteiger partial charge in [-0.15, -0.1) is 0 Å². The maximum absolute atomic E-state index is 11.8. The number of carboxylic acid groups (broad SMARTS) is 1. The molecule has 2 N–H and O–H groups in total. The first kappa shape index (κ1) is 22.6. The molecule has 168 valence electrons. The summed E-state index contributed by atoms with van der Waals surface area (Å²) in [4.78, 5) is 27.7. The molecule has 9 heteroatoms. The minimum absolute atomic E-state index is 0.138. The van der Waals surface area contributed by atoms with Gasteiger partial charge in [-0.3, -0.25) is 4.79 Å². The molecular formula is C22H29N3O6. The van der Waals surface area contributed by atoms with Crippen LogP contribution in [0.5, 0.6) is 5.75 Å². The Balaban J connectivity index is 1.71. The Kier molecular flexibility index (Phi) is 7.14. The van der Waals surface area contributed by atoms with Crippen LogP contribution in [0.15, 0.2) is 16.7 Å². The lowest BCUT2D eigenvalue weighted by Gasteiger charge is -2.27. The van der Waals surface area contributed by atoms with Gasteiger partial charge in [0.15, 0.2) is 5.76 Å². The molecule has 0 saturated heterocycles. The van der Waals surface area contributed by atoms with Crippen molar-refractivity contribution in [3.05, 3.63) is 29.1 Å². The minimum Gasteiger partial charge on any atom is -0.489 e. The number of ether oxygens (including phenoxy) is 2. The predicted octanol–water partition coefficient (Wildman–Crippen LogP) is 4.01. The second-order valence-corrected chi connectivity index (χ2v) is 8.10. The van der Waals surface area contributed by atoms with Gasteiger partial charge < -0.3 is 24.4 Å². The van der Waals surface area contributed by atoms with Crippen LogP contribution >= 0.6 is 0 Å².